The second-order valence-corrected chi connectivity index (χ2v) is 4.52. The molecular formula is C14H25NO3. The zero-order chi connectivity index (χ0) is 13.2. The monoisotopic (exact) mass is 255 g/mol. The molecule has 4 heteroatoms. The van der Waals surface area contributed by atoms with Gasteiger partial charge in [-0.25, -0.2) is 0 Å². The summed E-state index contributed by atoms with van der Waals surface area (Å²) in [5.74, 6) is 0.906. The van der Waals surface area contributed by atoms with Gasteiger partial charge in [-0.1, -0.05) is 6.92 Å². The summed E-state index contributed by atoms with van der Waals surface area (Å²) < 4.78 is 16.3. The third kappa shape index (κ3) is 6.19. The minimum absolute atomic E-state index is 0.256. The number of hydrogen-bond donors (Lipinski definition) is 1. The fourth-order valence-electron chi connectivity index (χ4n) is 1.56. The average molecular weight is 255 g/mol. The Balaban J connectivity index is 2.19. The van der Waals surface area contributed by atoms with Gasteiger partial charge in [0, 0.05) is 12.1 Å². The van der Waals surface area contributed by atoms with Crippen molar-refractivity contribution in [1.82, 2.24) is 5.32 Å². The van der Waals surface area contributed by atoms with Crippen LogP contribution < -0.4 is 5.32 Å². The Kier molecular flexibility index (Phi) is 7.73. The van der Waals surface area contributed by atoms with E-state index in [1.54, 1.807) is 6.26 Å². The summed E-state index contributed by atoms with van der Waals surface area (Å²) in [6.45, 7) is 9.79. The topological polar surface area (TPSA) is 43.6 Å². The van der Waals surface area contributed by atoms with Gasteiger partial charge in [-0.05, 0) is 32.9 Å². The number of nitrogens with one attached hydrogen (secondary N) is 1. The molecule has 0 saturated carbocycles. The highest BCUT2D eigenvalue weighted by atomic mass is 16.5. The summed E-state index contributed by atoms with van der Waals surface area (Å²) in [7, 11) is 0. The SMILES string of the molecule is CCCNCc1ccoc1COCCOC(C)C. The smallest absolute Gasteiger partial charge is 0.133 e. The molecule has 0 fully saturated rings. The Morgan fingerprint density at radius 2 is 2.17 bits per heavy atom. The Morgan fingerprint density at radius 3 is 2.89 bits per heavy atom. The van der Waals surface area contributed by atoms with E-state index in [4.69, 9.17) is 13.9 Å². The summed E-state index contributed by atoms with van der Waals surface area (Å²) in [6, 6.07) is 1.99. The molecule has 0 bridgehead atoms. The highest BCUT2D eigenvalue weighted by Crippen LogP contribution is 2.11. The molecule has 4 nitrogen and oxygen atoms in total. The van der Waals surface area contributed by atoms with Crippen LogP contribution in [0.2, 0.25) is 0 Å². The van der Waals surface area contributed by atoms with Crippen LogP contribution in [0.15, 0.2) is 16.7 Å². The zero-order valence-corrected chi connectivity index (χ0v) is 11.7. The Morgan fingerprint density at radius 1 is 1.33 bits per heavy atom. The maximum absolute atomic E-state index is 5.53. The van der Waals surface area contributed by atoms with E-state index in [-0.39, 0.29) is 6.10 Å². The van der Waals surface area contributed by atoms with Gasteiger partial charge in [-0.2, -0.15) is 0 Å². The van der Waals surface area contributed by atoms with Crippen molar-refractivity contribution in [2.24, 2.45) is 0 Å². The molecule has 18 heavy (non-hydrogen) atoms. The van der Waals surface area contributed by atoms with Crippen molar-refractivity contribution in [2.75, 3.05) is 19.8 Å². The van der Waals surface area contributed by atoms with Crippen molar-refractivity contribution in [3.05, 3.63) is 23.7 Å². The van der Waals surface area contributed by atoms with E-state index in [0.717, 1.165) is 25.3 Å². The van der Waals surface area contributed by atoms with Crippen LogP contribution in [0.1, 0.15) is 38.5 Å². The Labute approximate surface area is 110 Å². The third-order valence-electron chi connectivity index (χ3n) is 2.49. The molecule has 1 aromatic heterocycles. The van der Waals surface area contributed by atoms with Crippen molar-refractivity contribution in [3.8, 4) is 0 Å². The molecule has 104 valence electrons. The van der Waals surface area contributed by atoms with E-state index in [0.29, 0.717) is 19.8 Å². The molecule has 0 spiro atoms. The van der Waals surface area contributed by atoms with Crippen LogP contribution in [-0.2, 0) is 22.6 Å². The van der Waals surface area contributed by atoms with E-state index >= 15 is 0 Å². The fourth-order valence-corrected chi connectivity index (χ4v) is 1.56. The first-order valence-electron chi connectivity index (χ1n) is 6.69. The molecule has 0 aliphatic heterocycles. The largest absolute Gasteiger partial charge is 0.467 e. The summed E-state index contributed by atoms with van der Waals surface area (Å²) in [6.07, 6.45) is 3.11. The second-order valence-electron chi connectivity index (χ2n) is 4.52. The van der Waals surface area contributed by atoms with Crippen molar-refractivity contribution in [2.45, 2.75) is 46.4 Å². The minimum Gasteiger partial charge on any atom is -0.467 e. The quantitative estimate of drug-likeness (QED) is 0.653. The van der Waals surface area contributed by atoms with E-state index in [9.17, 15) is 0 Å². The van der Waals surface area contributed by atoms with Crippen molar-refractivity contribution in [1.29, 1.82) is 0 Å². The third-order valence-corrected chi connectivity index (χ3v) is 2.49. The standard InChI is InChI=1S/C14H25NO3/c1-4-6-15-10-13-5-7-18-14(13)11-16-8-9-17-12(2)3/h5,7,12,15H,4,6,8-11H2,1-3H3. The molecule has 1 rings (SSSR count). The molecule has 1 aromatic rings. The van der Waals surface area contributed by atoms with Crippen LogP contribution in [0.25, 0.3) is 0 Å². The molecule has 0 unspecified atom stereocenters. The van der Waals surface area contributed by atoms with Crippen molar-refractivity contribution < 1.29 is 13.9 Å². The molecule has 0 amide bonds. The number of rotatable bonds is 10. The number of hydrogen-bond acceptors (Lipinski definition) is 4. The van der Waals surface area contributed by atoms with E-state index < -0.39 is 0 Å². The van der Waals surface area contributed by atoms with Crippen LogP contribution in [-0.4, -0.2) is 25.9 Å². The summed E-state index contributed by atoms with van der Waals surface area (Å²) in [4.78, 5) is 0. The van der Waals surface area contributed by atoms with Gasteiger partial charge in [-0.3, -0.25) is 0 Å². The number of ether oxygens (including phenoxy) is 2. The van der Waals surface area contributed by atoms with Gasteiger partial charge in [0.1, 0.15) is 12.4 Å². The predicted molar refractivity (Wildman–Crippen MR) is 71.4 cm³/mol. The van der Waals surface area contributed by atoms with Gasteiger partial charge in [0.2, 0.25) is 0 Å². The summed E-state index contributed by atoms with van der Waals surface area (Å²) >= 11 is 0. The molecule has 0 aliphatic carbocycles. The summed E-state index contributed by atoms with van der Waals surface area (Å²) in [5.41, 5.74) is 1.17. The van der Waals surface area contributed by atoms with E-state index in [1.165, 1.54) is 5.56 Å². The lowest BCUT2D eigenvalue weighted by Crippen LogP contribution is -2.15. The molecule has 1 heterocycles. The molecular weight excluding hydrogens is 230 g/mol. The van der Waals surface area contributed by atoms with E-state index in [2.05, 4.69) is 12.2 Å². The predicted octanol–water partition coefficient (Wildman–Crippen LogP) is 2.72. The van der Waals surface area contributed by atoms with Crippen LogP contribution in [0.4, 0.5) is 0 Å². The van der Waals surface area contributed by atoms with Gasteiger partial charge < -0.3 is 19.2 Å². The van der Waals surface area contributed by atoms with Crippen LogP contribution in [0.5, 0.6) is 0 Å². The second kappa shape index (κ2) is 9.14. The normalized spacial score (nSPS) is 11.3. The van der Waals surface area contributed by atoms with Crippen LogP contribution in [0.3, 0.4) is 0 Å². The summed E-state index contributed by atoms with van der Waals surface area (Å²) in [5, 5.41) is 3.35. The van der Waals surface area contributed by atoms with Crippen LogP contribution in [0, 0.1) is 0 Å². The van der Waals surface area contributed by atoms with Gasteiger partial charge >= 0.3 is 0 Å². The molecule has 0 aliphatic rings. The first-order chi connectivity index (χ1) is 8.74. The number of furan rings is 1. The lowest BCUT2D eigenvalue weighted by atomic mass is 10.2. The highest BCUT2D eigenvalue weighted by Gasteiger charge is 2.05. The Bertz CT molecular complexity index is 310. The van der Waals surface area contributed by atoms with Gasteiger partial charge in [0.05, 0.1) is 25.6 Å². The molecule has 0 aromatic carbocycles. The van der Waals surface area contributed by atoms with Gasteiger partial charge in [0.15, 0.2) is 0 Å². The van der Waals surface area contributed by atoms with Gasteiger partial charge in [0.25, 0.3) is 0 Å². The fraction of sp³-hybridized carbons (Fsp3) is 0.714. The lowest BCUT2D eigenvalue weighted by Gasteiger charge is -2.08. The highest BCUT2D eigenvalue weighted by molar-refractivity contribution is 5.16. The first-order valence-corrected chi connectivity index (χ1v) is 6.69. The maximum atomic E-state index is 5.53. The molecule has 0 radical (unpaired) electrons. The average Bonchev–Trinajstić information content (AvgIpc) is 2.76. The Hall–Kier alpha value is -0.840. The first kappa shape index (κ1) is 15.2. The van der Waals surface area contributed by atoms with Crippen LogP contribution >= 0.6 is 0 Å². The van der Waals surface area contributed by atoms with E-state index in [1.807, 2.05) is 19.9 Å². The van der Waals surface area contributed by atoms with Gasteiger partial charge in [-0.15, -0.1) is 0 Å². The molecule has 0 saturated heterocycles. The minimum atomic E-state index is 0.256. The lowest BCUT2D eigenvalue weighted by molar-refractivity contribution is 0.0101. The van der Waals surface area contributed by atoms with Crippen molar-refractivity contribution in [3.63, 3.8) is 0 Å². The van der Waals surface area contributed by atoms with Crippen molar-refractivity contribution >= 4 is 0 Å². The molecule has 1 N–H and O–H groups in total. The zero-order valence-electron chi connectivity index (χ0n) is 11.7. The maximum Gasteiger partial charge on any atom is 0.133 e. The molecule has 0 atom stereocenters.